The van der Waals surface area contributed by atoms with Crippen LogP contribution in [0, 0.1) is 22.7 Å². The van der Waals surface area contributed by atoms with E-state index in [2.05, 4.69) is 26.2 Å². The largest absolute Gasteiger partial charge is 0.469 e. The van der Waals surface area contributed by atoms with E-state index in [1.165, 1.54) is 14.0 Å². The summed E-state index contributed by atoms with van der Waals surface area (Å²) in [5, 5.41) is 0. The molecule has 2 aliphatic carbocycles. The Balaban J connectivity index is 2.53. The fraction of sp³-hybridized carbons (Fsp3) is 0.652. The van der Waals surface area contributed by atoms with E-state index >= 15 is 0 Å². The van der Waals surface area contributed by atoms with Crippen molar-refractivity contribution in [3.05, 3.63) is 36.5 Å². The van der Waals surface area contributed by atoms with Crippen molar-refractivity contribution < 1.29 is 19.1 Å². The molecule has 0 aliphatic heterocycles. The highest BCUT2D eigenvalue weighted by Gasteiger charge is 2.62. The number of hydrogen-bond acceptors (Lipinski definition) is 4. The summed E-state index contributed by atoms with van der Waals surface area (Å²) in [6, 6.07) is 0. The van der Waals surface area contributed by atoms with Crippen molar-refractivity contribution in [2.75, 3.05) is 7.11 Å². The first-order valence-corrected chi connectivity index (χ1v) is 9.82. The summed E-state index contributed by atoms with van der Waals surface area (Å²) >= 11 is 0. The van der Waals surface area contributed by atoms with Crippen LogP contribution in [0.15, 0.2) is 36.5 Å². The molecule has 2 rings (SSSR count). The van der Waals surface area contributed by atoms with Gasteiger partial charge in [0.15, 0.2) is 0 Å². The van der Waals surface area contributed by atoms with Crippen molar-refractivity contribution in [2.45, 2.75) is 65.9 Å². The van der Waals surface area contributed by atoms with Crippen molar-refractivity contribution in [3.8, 4) is 0 Å². The van der Waals surface area contributed by atoms with E-state index in [0.717, 1.165) is 36.8 Å². The van der Waals surface area contributed by atoms with Gasteiger partial charge in [0.05, 0.1) is 12.5 Å². The SMILES string of the molecule is C=C/C(C)=C\C[C@H]1C(=C)C[C@H](OC(C)=O)[C@@H]2[C@]1(C)CCC[C@]2(C)C(=O)OC. The van der Waals surface area contributed by atoms with Gasteiger partial charge in [-0.15, -0.1) is 0 Å². The van der Waals surface area contributed by atoms with E-state index in [9.17, 15) is 9.59 Å². The maximum Gasteiger partial charge on any atom is 0.311 e. The molecule has 0 bridgehead atoms. The summed E-state index contributed by atoms with van der Waals surface area (Å²) in [6.07, 6.45) is 7.83. The molecule has 0 unspecified atom stereocenters. The fourth-order valence-corrected chi connectivity index (χ4v) is 5.69. The average Bonchev–Trinajstić information content (AvgIpc) is 2.59. The highest BCUT2D eigenvalue weighted by Crippen LogP contribution is 2.62. The Morgan fingerprint density at radius 1 is 1.26 bits per heavy atom. The third-order valence-electron chi connectivity index (χ3n) is 6.90. The zero-order valence-electron chi connectivity index (χ0n) is 17.5. The summed E-state index contributed by atoms with van der Waals surface area (Å²) < 4.78 is 10.9. The Hall–Kier alpha value is -1.84. The van der Waals surface area contributed by atoms with Crippen molar-refractivity contribution >= 4 is 11.9 Å². The first kappa shape index (κ1) is 21.5. The van der Waals surface area contributed by atoms with Gasteiger partial charge in [-0.05, 0) is 44.4 Å². The van der Waals surface area contributed by atoms with Gasteiger partial charge in [0.25, 0.3) is 0 Å². The van der Waals surface area contributed by atoms with Crippen LogP contribution < -0.4 is 0 Å². The number of ether oxygens (including phenoxy) is 2. The predicted molar refractivity (Wildman–Crippen MR) is 107 cm³/mol. The maximum atomic E-state index is 12.8. The molecule has 2 aliphatic rings. The molecule has 4 heteroatoms. The minimum atomic E-state index is -0.669. The lowest BCUT2D eigenvalue weighted by molar-refractivity contribution is -0.190. The Bertz CT molecular complexity index is 661. The molecule has 0 N–H and O–H groups in total. The highest BCUT2D eigenvalue weighted by atomic mass is 16.5. The smallest absolute Gasteiger partial charge is 0.311 e. The minimum Gasteiger partial charge on any atom is -0.469 e. The van der Waals surface area contributed by atoms with E-state index < -0.39 is 5.41 Å². The summed E-state index contributed by atoms with van der Waals surface area (Å²) in [7, 11) is 1.44. The van der Waals surface area contributed by atoms with E-state index in [1.807, 2.05) is 19.9 Å². The Labute approximate surface area is 163 Å². The van der Waals surface area contributed by atoms with Crippen molar-refractivity contribution in [2.24, 2.45) is 22.7 Å². The van der Waals surface area contributed by atoms with Gasteiger partial charge in [0, 0.05) is 19.3 Å². The van der Waals surface area contributed by atoms with Gasteiger partial charge in [0.1, 0.15) is 6.10 Å². The standard InChI is InChI=1S/C23H34O4/c1-8-15(2)10-11-18-16(3)14-19(27-17(4)24)20-22(18,5)12-9-13-23(20,6)21(25)26-7/h8,10,18-20H,1,3,9,11-14H2,2,4-7H3/b15-10-/t18-,19-,20+,22+,23-/m0/s1. The van der Waals surface area contributed by atoms with Gasteiger partial charge in [-0.1, -0.05) is 49.8 Å². The number of fused-ring (bicyclic) bond motifs is 1. The number of esters is 2. The Morgan fingerprint density at radius 3 is 2.48 bits per heavy atom. The number of carbonyl (C=O) groups excluding carboxylic acids is 2. The number of rotatable bonds is 5. The van der Waals surface area contributed by atoms with E-state index in [4.69, 9.17) is 9.47 Å². The summed E-state index contributed by atoms with van der Waals surface area (Å²) in [5.74, 6) is -0.384. The maximum absolute atomic E-state index is 12.8. The number of methoxy groups -OCH3 is 1. The molecule has 27 heavy (non-hydrogen) atoms. The lowest BCUT2D eigenvalue weighted by atomic mass is 9.46. The quantitative estimate of drug-likeness (QED) is 0.386. The van der Waals surface area contributed by atoms with E-state index in [-0.39, 0.29) is 35.3 Å². The second kappa shape index (κ2) is 8.04. The third kappa shape index (κ3) is 3.90. The summed E-state index contributed by atoms with van der Waals surface area (Å²) in [4.78, 5) is 24.6. The Morgan fingerprint density at radius 2 is 1.93 bits per heavy atom. The molecule has 0 amide bonds. The lowest BCUT2D eigenvalue weighted by Gasteiger charge is -2.59. The Kier molecular flexibility index (Phi) is 6.39. The molecule has 0 spiro atoms. The summed E-state index contributed by atoms with van der Waals surface area (Å²) in [6.45, 7) is 15.9. The van der Waals surface area contributed by atoms with E-state index in [1.54, 1.807) is 0 Å². The average molecular weight is 375 g/mol. The molecule has 2 fully saturated rings. The molecule has 0 aromatic rings. The van der Waals surface area contributed by atoms with Crippen LogP contribution in [0.1, 0.15) is 59.8 Å². The third-order valence-corrected chi connectivity index (χ3v) is 6.90. The number of allylic oxidation sites excluding steroid dienone is 3. The van der Waals surface area contributed by atoms with Gasteiger partial charge in [-0.3, -0.25) is 9.59 Å². The molecule has 0 aromatic heterocycles. The molecule has 5 atom stereocenters. The van der Waals surface area contributed by atoms with Gasteiger partial charge in [0.2, 0.25) is 0 Å². The molecule has 4 nitrogen and oxygen atoms in total. The number of hydrogen-bond donors (Lipinski definition) is 0. The van der Waals surface area contributed by atoms with Crippen LogP contribution in [0.4, 0.5) is 0 Å². The molecule has 2 saturated carbocycles. The van der Waals surface area contributed by atoms with Crippen LogP contribution in [0.2, 0.25) is 0 Å². The van der Waals surface area contributed by atoms with Crippen molar-refractivity contribution in [1.82, 2.24) is 0 Å². The molecule has 0 saturated heterocycles. The zero-order valence-corrected chi connectivity index (χ0v) is 17.5. The molecular weight excluding hydrogens is 340 g/mol. The predicted octanol–water partition coefficient (Wildman–Crippen LogP) is 5.00. The van der Waals surface area contributed by atoms with Crippen LogP contribution in [0.25, 0.3) is 0 Å². The second-order valence-electron chi connectivity index (χ2n) is 8.70. The highest BCUT2D eigenvalue weighted by molar-refractivity contribution is 5.77. The van der Waals surface area contributed by atoms with Crippen molar-refractivity contribution in [1.29, 1.82) is 0 Å². The van der Waals surface area contributed by atoms with Crippen molar-refractivity contribution in [3.63, 3.8) is 0 Å². The van der Waals surface area contributed by atoms with Crippen LogP contribution in [0.3, 0.4) is 0 Å². The zero-order chi connectivity index (χ0) is 20.4. The van der Waals surface area contributed by atoms with Gasteiger partial charge in [-0.25, -0.2) is 0 Å². The second-order valence-corrected chi connectivity index (χ2v) is 8.70. The van der Waals surface area contributed by atoms with Crippen LogP contribution >= 0.6 is 0 Å². The normalized spacial score (nSPS) is 36.6. The molecular formula is C23H34O4. The van der Waals surface area contributed by atoms with E-state index in [0.29, 0.717) is 6.42 Å². The molecule has 0 aromatic carbocycles. The molecule has 0 radical (unpaired) electrons. The summed E-state index contributed by atoms with van der Waals surface area (Å²) in [5.41, 5.74) is 1.38. The van der Waals surface area contributed by atoms with Gasteiger partial charge >= 0.3 is 11.9 Å². The van der Waals surface area contributed by atoms with Crippen LogP contribution in [0.5, 0.6) is 0 Å². The monoisotopic (exact) mass is 374 g/mol. The lowest BCUT2D eigenvalue weighted by Crippen LogP contribution is -2.59. The topological polar surface area (TPSA) is 52.6 Å². The minimum absolute atomic E-state index is 0.0944. The molecule has 150 valence electrons. The molecule has 0 heterocycles. The van der Waals surface area contributed by atoms with Gasteiger partial charge in [-0.2, -0.15) is 0 Å². The van der Waals surface area contributed by atoms with Crippen LogP contribution in [-0.2, 0) is 19.1 Å². The first-order chi connectivity index (χ1) is 12.6. The fourth-order valence-electron chi connectivity index (χ4n) is 5.69. The van der Waals surface area contributed by atoms with Crippen LogP contribution in [-0.4, -0.2) is 25.2 Å². The number of carbonyl (C=O) groups is 2. The first-order valence-electron chi connectivity index (χ1n) is 9.82. The van der Waals surface area contributed by atoms with Gasteiger partial charge < -0.3 is 9.47 Å².